The normalized spacial score (nSPS) is 26.7. The van der Waals surface area contributed by atoms with Crippen LogP contribution in [-0.2, 0) is 9.59 Å². The molecule has 0 spiro atoms. The molecule has 2 aromatic carbocycles. The average molecular weight is 586 g/mol. The number of fused-ring (bicyclic) bond motifs is 1. The molecule has 7 nitrogen and oxygen atoms in total. The van der Waals surface area contributed by atoms with Crippen molar-refractivity contribution in [2.24, 2.45) is 26.8 Å². The van der Waals surface area contributed by atoms with Gasteiger partial charge in [-0.1, -0.05) is 25.1 Å². The number of carbonyl (C=O) groups is 2. The van der Waals surface area contributed by atoms with Crippen molar-refractivity contribution in [1.82, 2.24) is 4.90 Å². The van der Waals surface area contributed by atoms with Crippen LogP contribution in [0.3, 0.4) is 0 Å². The number of aliphatic imine (C=N–C) groups is 3. The summed E-state index contributed by atoms with van der Waals surface area (Å²) >= 11 is 0. The molecule has 12 heteroatoms. The van der Waals surface area contributed by atoms with Crippen LogP contribution < -0.4 is 5.32 Å². The van der Waals surface area contributed by atoms with E-state index in [1.54, 1.807) is 31.3 Å². The molecule has 5 rings (SSSR count). The Kier molecular flexibility index (Phi) is 7.82. The third kappa shape index (κ3) is 5.88. The van der Waals surface area contributed by atoms with Gasteiger partial charge in [0.2, 0.25) is 5.91 Å². The Morgan fingerprint density at radius 3 is 2.60 bits per heavy atom. The third-order valence-electron chi connectivity index (χ3n) is 7.80. The highest BCUT2D eigenvalue weighted by atomic mass is 19.4. The molecular formula is C30H28F5N5O2. The summed E-state index contributed by atoms with van der Waals surface area (Å²) in [5.74, 6) is -5.59. The minimum atomic E-state index is -4.69. The molecule has 0 radical (unpaired) electrons. The molecule has 2 aromatic rings. The summed E-state index contributed by atoms with van der Waals surface area (Å²) in [7, 11) is 1.64. The van der Waals surface area contributed by atoms with Gasteiger partial charge >= 0.3 is 6.18 Å². The maximum Gasteiger partial charge on any atom is 0.411 e. The van der Waals surface area contributed by atoms with Crippen LogP contribution in [0, 0.1) is 30.4 Å². The number of aryl methyl sites for hydroxylation is 1. The molecule has 1 aliphatic carbocycles. The van der Waals surface area contributed by atoms with Crippen LogP contribution in [-0.4, -0.2) is 59.8 Å². The van der Waals surface area contributed by atoms with Gasteiger partial charge in [0, 0.05) is 30.8 Å². The molecule has 0 saturated carbocycles. The van der Waals surface area contributed by atoms with E-state index in [1.165, 1.54) is 24.2 Å². The van der Waals surface area contributed by atoms with Gasteiger partial charge < -0.3 is 10.2 Å². The number of nitrogens with zero attached hydrogens (tertiary/aromatic N) is 4. The van der Waals surface area contributed by atoms with Crippen molar-refractivity contribution in [2.45, 2.75) is 50.9 Å². The zero-order chi connectivity index (χ0) is 30.3. The van der Waals surface area contributed by atoms with E-state index < -0.39 is 47.3 Å². The van der Waals surface area contributed by atoms with Crippen molar-refractivity contribution in [3.05, 3.63) is 71.3 Å². The summed E-state index contributed by atoms with van der Waals surface area (Å²) < 4.78 is 68.9. The van der Waals surface area contributed by atoms with Crippen LogP contribution in [0.2, 0.25) is 0 Å². The molecule has 3 aliphatic rings. The number of rotatable bonds is 4. The van der Waals surface area contributed by atoms with E-state index in [2.05, 4.69) is 20.3 Å². The van der Waals surface area contributed by atoms with Crippen LogP contribution in [0.5, 0.6) is 0 Å². The van der Waals surface area contributed by atoms with Crippen molar-refractivity contribution < 1.29 is 31.5 Å². The summed E-state index contributed by atoms with van der Waals surface area (Å²) in [6.45, 7) is 3.17. The predicted octanol–water partition coefficient (Wildman–Crippen LogP) is 5.92. The second-order valence-electron chi connectivity index (χ2n) is 10.9. The number of hydrogen-bond acceptors (Lipinski definition) is 5. The number of hydrogen-bond donors (Lipinski definition) is 1. The largest absolute Gasteiger partial charge is 0.411 e. The summed E-state index contributed by atoms with van der Waals surface area (Å²) in [6.07, 6.45) is 0.639. The van der Waals surface area contributed by atoms with Crippen LogP contribution >= 0.6 is 0 Å². The number of benzene rings is 2. The minimum Gasteiger partial charge on any atom is -0.321 e. The highest BCUT2D eigenvalue weighted by molar-refractivity contribution is 6.45. The van der Waals surface area contributed by atoms with E-state index in [0.717, 1.165) is 17.7 Å². The van der Waals surface area contributed by atoms with Crippen LogP contribution in [0.25, 0.3) is 0 Å². The number of amides is 2. The summed E-state index contributed by atoms with van der Waals surface area (Å²) in [5.41, 5.74) is 1.89. The number of alkyl halides is 3. The number of allylic oxidation sites excluding steroid dienone is 1. The van der Waals surface area contributed by atoms with E-state index in [4.69, 9.17) is 0 Å². The summed E-state index contributed by atoms with van der Waals surface area (Å²) in [6, 6.07) is 5.48. The topological polar surface area (TPSA) is 86.5 Å². The van der Waals surface area contributed by atoms with Gasteiger partial charge in [-0.2, -0.15) is 13.2 Å². The predicted molar refractivity (Wildman–Crippen MR) is 149 cm³/mol. The monoisotopic (exact) mass is 585 g/mol. The number of anilines is 1. The Balaban J connectivity index is 1.43. The summed E-state index contributed by atoms with van der Waals surface area (Å²) in [5, 5.41) is 2.62. The quantitative estimate of drug-likeness (QED) is 0.452. The lowest BCUT2D eigenvalue weighted by atomic mass is 9.79. The zero-order valence-corrected chi connectivity index (χ0v) is 23.0. The lowest BCUT2D eigenvalue weighted by molar-refractivity contribution is -0.158. The van der Waals surface area contributed by atoms with E-state index in [0.29, 0.717) is 17.8 Å². The molecule has 2 amide bonds. The maximum absolute atomic E-state index is 14.0. The van der Waals surface area contributed by atoms with Crippen LogP contribution in [0.15, 0.2) is 63.5 Å². The highest BCUT2D eigenvalue weighted by Gasteiger charge is 2.48. The first-order chi connectivity index (χ1) is 19.8. The van der Waals surface area contributed by atoms with Crippen LogP contribution in [0.1, 0.15) is 36.8 Å². The molecular weight excluding hydrogens is 557 g/mol. The second-order valence-corrected chi connectivity index (χ2v) is 10.9. The lowest BCUT2D eigenvalue weighted by Crippen LogP contribution is -2.43. The van der Waals surface area contributed by atoms with Crippen molar-refractivity contribution in [2.75, 3.05) is 12.4 Å². The Morgan fingerprint density at radius 2 is 1.88 bits per heavy atom. The van der Waals surface area contributed by atoms with E-state index in [9.17, 15) is 31.5 Å². The minimum absolute atomic E-state index is 0.0693. The van der Waals surface area contributed by atoms with Crippen molar-refractivity contribution in [1.29, 1.82) is 0 Å². The molecule has 5 unspecified atom stereocenters. The van der Waals surface area contributed by atoms with Gasteiger partial charge in [0.05, 0.1) is 24.0 Å². The van der Waals surface area contributed by atoms with E-state index >= 15 is 0 Å². The van der Waals surface area contributed by atoms with Crippen LogP contribution in [0.4, 0.5) is 33.3 Å². The van der Waals surface area contributed by atoms with Gasteiger partial charge in [0.15, 0.2) is 11.6 Å². The second kappa shape index (κ2) is 11.2. The standard InChI is InChI=1S/C30H28F5N5O2/c1-15-4-6-19(13-25(15)37-18-7-9-24-21(12-18)29(42)40(3)14-36-24)38-28(41)26-20(17-5-8-22(31)23(32)11-17)10-16(2)27(39-26)30(33,34)35/h4-9,11,13-14,16,20-21,24,27H,10,12H2,1-3H3,(H,38,41). The molecule has 2 heterocycles. The van der Waals surface area contributed by atoms with Crippen molar-refractivity contribution >= 4 is 41.0 Å². The Labute approximate surface area is 238 Å². The van der Waals surface area contributed by atoms with Gasteiger partial charge in [-0.25, -0.2) is 8.78 Å². The van der Waals surface area contributed by atoms with E-state index in [1.807, 2.05) is 13.0 Å². The molecule has 0 fully saturated rings. The molecule has 220 valence electrons. The smallest absolute Gasteiger partial charge is 0.321 e. The SMILES string of the molecule is Cc1ccc(NC(=O)C2=NC(C(F)(F)F)C(C)CC2c2ccc(F)c(F)c2)cc1N=C1C=CC2N=CN(C)C(=O)C2C1. The molecule has 2 aliphatic heterocycles. The fraction of sp³-hybridized carbons (Fsp3) is 0.367. The molecule has 1 N–H and O–H groups in total. The molecule has 42 heavy (non-hydrogen) atoms. The first kappa shape index (κ1) is 29.3. The van der Waals surface area contributed by atoms with Gasteiger partial charge in [0.1, 0.15) is 11.8 Å². The fourth-order valence-corrected chi connectivity index (χ4v) is 5.50. The average Bonchev–Trinajstić information content (AvgIpc) is 2.93. The number of halogens is 5. The Morgan fingerprint density at radius 1 is 1.12 bits per heavy atom. The molecule has 0 bridgehead atoms. The van der Waals surface area contributed by atoms with E-state index in [-0.39, 0.29) is 35.5 Å². The van der Waals surface area contributed by atoms with Gasteiger partial charge in [-0.05, 0) is 60.7 Å². The Hall–Kier alpha value is -4.22. The first-order valence-electron chi connectivity index (χ1n) is 13.4. The highest BCUT2D eigenvalue weighted by Crippen LogP contribution is 2.40. The zero-order valence-electron chi connectivity index (χ0n) is 23.0. The van der Waals surface area contributed by atoms with Crippen molar-refractivity contribution in [3.8, 4) is 0 Å². The number of nitrogens with one attached hydrogen (secondary N) is 1. The van der Waals surface area contributed by atoms with Gasteiger partial charge in [-0.15, -0.1) is 0 Å². The van der Waals surface area contributed by atoms with Gasteiger partial charge in [0.25, 0.3) is 5.91 Å². The molecule has 0 saturated heterocycles. The fourth-order valence-electron chi connectivity index (χ4n) is 5.50. The van der Waals surface area contributed by atoms with Crippen molar-refractivity contribution in [3.63, 3.8) is 0 Å². The summed E-state index contributed by atoms with van der Waals surface area (Å²) in [4.78, 5) is 40.3. The number of carbonyl (C=O) groups excluding carboxylic acids is 2. The molecule has 5 atom stereocenters. The lowest BCUT2D eigenvalue weighted by Gasteiger charge is -2.33. The van der Waals surface area contributed by atoms with Gasteiger partial charge in [-0.3, -0.25) is 24.6 Å². The Bertz CT molecular complexity index is 1550. The first-order valence-corrected chi connectivity index (χ1v) is 13.4. The maximum atomic E-state index is 14.0. The molecule has 0 aromatic heterocycles. The third-order valence-corrected chi connectivity index (χ3v) is 7.80.